The van der Waals surface area contributed by atoms with Crippen LogP contribution in [0.25, 0.3) is 27.9 Å². The van der Waals surface area contributed by atoms with Gasteiger partial charge in [0.05, 0.1) is 29.0 Å². The van der Waals surface area contributed by atoms with E-state index in [4.69, 9.17) is 4.98 Å². The van der Waals surface area contributed by atoms with E-state index < -0.39 is 0 Å². The van der Waals surface area contributed by atoms with Crippen LogP contribution in [0.2, 0.25) is 0 Å². The maximum absolute atomic E-state index is 13.1. The zero-order chi connectivity index (χ0) is 18.4. The summed E-state index contributed by atoms with van der Waals surface area (Å²) in [7, 11) is 0. The van der Waals surface area contributed by atoms with Gasteiger partial charge < -0.3 is 5.32 Å². The average molecular weight is 362 g/mol. The van der Waals surface area contributed by atoms with Gasteiger partial charge in [-0.15, -0.1) is 0 Å². The van der Waals surface area contributed by atoms with Gasteiger partial charge in [0.15, 0.2) is 5.65 Å². The van der Waals surface area contributed by atoms with Crippen molar-refractivity contribution in [3.05, 3.63) is 53.2 Å². The summed E-state index contributed by atoms with van der Waals surface area (Å²) in [5, 5.41) is 7.83. The fourth-order valence-corrected chi connectivity index (χ4v) is 4.12. The molecule has 1 aliphatic rings. The van der Waals surface area contributed by atoms with Gasteiger partial charge in [0.2, 0.25) is 0 Å². The number of nitrogens with zero attached hydrogens (tertiary/aromatic N) is 5. The van der Waals surface area contributed by atoms with Gasteiger partial charge >= 0.3 is 5.69 Å². The molecule has 0 spiro atoms. The summed E-state index contributed by atoms with van der Waals surface area (Å²) in [5.74, 6) is 0. The Morgan fingerprint density at radius 1 is 1.22 bits per heavy atom. The highest BCUT2D eigenvalue weighted by atomic mass is 16.1. The third-order valence-electron chi connectivity index (χ3n) is 5.47. The Morgan fingerprint density at radius 3 is 2.96 bits per heavy atom. The Bertz CT molecular complexity index is 1180. The second-order valence-electron chi connectivity index (χ2n) is 7.02. The highest BCUT2D eigenvalue weighted by Gasteiger charge is 2.23. The first-order valence-corrected chi connectivity index (χ1v) is 9.53. The molecule has 1 aliphatic heterocycles. The van der Waals surface area contributed by atoms with Crippen molar-refractivity contribution in [3.8, 4) is 11.3 Å². The Morgan fingerprint density at radius 2 is 2.15 bits per heavy atom. The summed E-state index contributed by atoms with van der Waals surface area (Å²) in [6, 6.07) is 10.1. The molecule has 4 aromatic rings. The molecule has 1 unspecified atom stereocenters. The molecule has 7 nitrogen and oxygen atoms in total. The topological polar surface area (TPSA) is 69.2 Å². The molecule has 0 aromatic carbocycles. The lowest BCUT2D eigenvalue weighted by atomic mass is 10.1. The second-order valence-corrected chi connectivity index (χ2v) is 7.02. The van der Waals surface area contributed by atoms with Crippen molar-refractivity contribution in [1.29, 1.82) is 0 Å². The summed E-state index contributed by atoms with van der Waals surface area (Å²) in [5.41, 5.74) is 4.52. The van der Waals surface area contributed by atoms with Crippen LogP contribution in [0, 0.1) is 0 Å². The molecule has 1 fully saturated rings. The van der Waals surface area contributed by atoms with Crippen LogP contribution in [0.4, 0.5) is 0 Å². The first-order chi connectivity index (χ1) is 13.3. The lowest BCUT2D eigenvalue weighted by Gasteiger charge is -2.23. The van der Waals surface area contributed by atoms with Crippen molar-refractivity contribution >= 4 is 16.7 Å². The number of aryl methyl sites for hydroxylation is 1. The van der Waals surface area contributed by atoms with Gasteiger partial charge in [0.1, 0.15) is 0 Å². The Hall–Kier alpha value is -2.93. The van der Waals surface area contributed by atoms with Gasteiger partial charge in [-0.1, -0.05) is 6.07 Å². The van der Waals surface area contributed by atoms with Crippen LogP contribution < -0.4 is 11.0 Å². The molecule has 1 N–H and O–H groups in total. The van der Waals surface area contributed by atoms with Crippen LogP contribution in [-0.2, 0) is 6.54 Å². The van der Waals surface area contributed by atoms with Crippen LogP contribution in [0.3, 0.4) is 0 Å². The zero-order valence-corrected chi connectivity index (χ0v) is 15.3. The van der Waals surface area contributed by atoms with Crippen molar-refractivity contribution < 1.29 is 0 Å². The van der Waals surface area contributed by atoms with E-state index in [0.29, 0.717) is 6.54 Å². The van der Waals surface area contributed by atoms with Gasteiger partial charge in [0, 0.05) is 24.8 Å². The maximum Gasteiger partial charge on any atom is 0.330 e. The van der Waals surface area contributed by atoms with E-state index in [9.17, 15) is 4.79 Å². The number of imidazole rings is 1. The van der Waals surface area contributed by atoms with Crippen LogP contribution in [0.5, 0.6) is 0 Å². The summed E-state index contributed by atoms with van der Waals surface area (Å²) in [6.07, 6.45) is 5.83. The van der Waals surface area contributed by atoms with Gasteiger partial charge in [-0.3, -0.25) is 9.13 Å². The van der Waals surface area contributed by atoms with Crippen LogP contribution in [0.1, 0.15) is 25.8 Å². The predicted molar refractivity (Wildman–Crippen MR) is 105 cm³/mol. The highest BCUT2D eigenvalue weighted by molar-refractivity contribution is 5.82. The molecule has 4 aromatic heterocycles. The van der Waals surface area contributed by atoms with Crippen molar-refractivity contribution in [2.24, 2.45) is 0 Å². The van der Waals surface area contributed by atoms with Crippen molar-refractivity contribution in [3.63, 3.8) is 0 Å². The quantitative estimate of drug-likeness (QED) is 0.608. The molecule has 0 bridgehead atoms. The molecule has 7 heteroatoms. The fourth-order valence-electron chi connectivity index (χ4n) is 4.12. The Kier molecular flexibility index (Phi) is 3.82. The standard InChI is InChI=1S/C20H22N6O/c1-2-24-18-9-8-16(15-13-22-25-11-4-3-7-17(15)25)23-19(18)26(20(24)27)14-6-5-10-21-12-14/h3-4,7-9,11,13-14,21H,2,5-6,10,12H2,1H3. The molecule has 5 heterocycles. The zero-order valence-electron chi connectivity index (χ0n) is 15.3. The lowest BCUT2D eigenvalue weighted by molar-refractivity contribution is 0.367. The normalized spacial score (nSPS) is 17.7. The average Bonchev–Trinajstić information content (AvgIpc) is 3.26. The molecule has 138 valence electrons. The number of rotatable bonds is 3. The molecule has 0 aliphatic carbocycles. The monoisotopic (exact) mass is 362 g/mol. The highest BCUT2D eigenvalue weighted by Crippen LogP contribution is 2.27. The largest absolute Gasteiger partial charge is 0.330 e. The third kappa shape index (κ3) is 2.49. The summed E-state index contributed by atoms with van der Waals surface area (Å²) < 4.78 is 5.55. The lowest BCUT2D eigenvalue weighted by Crippen LogP contribution is -2.37. The predicted octanol–water partition coefficient (Wildman–Crippen LogP) is 2.46. The van der Waals surface area contributed by atoms with E-state index in [0.717, 1.165) is 53.9 Å². The number of aromatic nitrogens is 5. The minimum atomic E-state index is 0.0331. The number of hydrogen-bond donors (Lipinski definition) is 1. The van der Waals surface area contributed by atoms with E-state index in [1.165, 1.54) is 0 Å². The Labute approximate surface area is 156 Å². The third-order valence-corrected chi connectivity index (χ3v) is 5.47. The molecular weight excluding hydrogens is 340 g/mol. The molecule has 1 atom stereocenters. The van der Waals surface area contributed by atoms with E-state index in [1.807, 2.05) is 63.3 Å². The molecule has 5 rings (SSSR count). The number of fused-ring (bicyclic) bond motifs is 2. The van der Waals surface area contributed by atoms with E-state index >= 15 is 0 Å². The summed E-state index contributed by atoms with van der Waals surface area (Å²) in [6.45, 7) is 4.47. The van der Waals surface area contributed by atoms with Gasteiger partial charge in [-0.05, 0) is 50.6 Å². The second kappa shape index (κ2) is 6.35. The van der Waals surface area contributed by atoms with Crippen LogP contribution in [0.15, 0.2) is 47.5 Å². The minimum absolute atomic E-state index is 0.0331. The van der Waals surface area contributed by atoms with Crippen LogP contribution >= 0.6 is 0 Å². The molecule has 0 saturated carbocycles. The molecular formula is C20H22N6O. The molecule has 0 radical (unpaired) electrons. The number of hydrogen-bond acceptors (Lipinski definition) is 4. The van der Waals surface area contributed by atoms with E-state index in [2.05, 4.69) is 10.4 Å². The number of nitrogens with one attached hydrogen (secondary N) is 1. The number of piperidine rings is 1. The Balaban J connectivity index is 1.74. The molecule has 1 saturated heterocycles. The van der Waals surface area contributed by atoms with Crippen LogP contribution in [-0.4, -0.2) is 36.8 Å². The first-order valence-electron chi connectivity index (χ1n) is 9.53. The van der Waals surface area contributed by atoms with Gasteiger partial charge in [0.25, 0.3) is 0 Å². The first kappa shape index (κ1) is 16.3. The number of pyridine rings is 2. The summed E-state index contributed by atoms with van der Waals surface area (Å²) >= 11 is 0. The van der Waals surface area contributed by atoms with Gasteiger partial charge in [-0.2, -0.15) is 5.10 Å². The minimum Gasteiger partial charge on any atom is -0.315 e. The van der Waals surface area contributed by atoms with Crippen molar-refractivity contribution in [1.82, 2.24) is 29.0 Å². The SMILES string of the molecule is CCn1c(=O)n(C2CCCNC2)c2nc(-c3cnn4ccccc34)ccc21. The van der Waals surface area contributed by atoms with E-state index in [-0.39, 0.29) is 11.7 Å². The van der Waals surface area contributed by atoms with E-state index in [1.54, 1.807) is 0 Å². The summed E-state index contributed by atoms with van der Waals surface area (Å²) in [4.78, 5) is 18.0. The van der Waals surface area contributed by atoms with Gasteiger partial charge in [-0.25, -0.2) is 14.3 Å². The smallest absolute Gasteiger partial charge is 0.315 e. The molecule has 27 heavy (non-hydrogen) atoms. The fraction of sp³-hybridized carbons (Fsp3) is 0.350. The van der Waals surface area contributed by atoms with Crippen molar-refractivity contribution in [2.75, 3.05) is 13.1 Å². The molecule has 0 amide bonds. The van der Waals surface area contributed by atoms with Crippen molar-refractivity contribution in [2.45, 2.75) is 32.4 Å². The maximum atomic E-state index is 13.1.